The smallest absolute Gasteiger partial charge is 0.336 e. The molecule has 0 fully saturated rings. The van der Waals surface area contributed by atoms with Crippen LogP contribution in [0.5, 0.6) is 0 Å². The highest BCUT2D eigenvalue weighted by molar-refractivity contribution is 6.03. The van der Waals surface area contributed by atoms with Crippen molar-refractivity contribution in [2.75, 3.05) is 39.6 Å². The van der Waals surface area contributed by atoms with Crippen molar-refractivity contribution in [2.45, 2.75) is 104 Å². The van der Waals surface area contributed by atoms with E-state index in [9.17, 15) is 19.8 Å². The number of hydrogen-bond donors (Lipinski definition) is 4. The largest absolute Gasteiger partial charge is 0.478 e. The first-order valence-corrected chi connectivity index (χ1v) is 14.4. The van der Waals surface area contributed by atoms with E-state index in [0.29, 0.717) is 32.8 Å². The van der Waals surface area contributed by atoms with Gasteiger partial charge in [-0.3, -0.25) is 0 Å². The average molecular weight is 541 g/mol. The van der Waals surface area contributed by atoms with E-state index in [4.69, 9.17) is 19.7 Å². The van der Waals surface area contributed by atoms with E-state index in [1.54, 1.807) is 0 Å². The Kier molecular flexibility index (Phi) is 24.0. The van der Waals surface area contributed by atoms with Gasteiger partial charge in [0.1, 0.15) is 0 Å². The van der Waals surface area contributed by atoms with Crippen molar-refractivity contribution in [1.29, 1.82) is 0 Å². The van der Waals surface area contributed by atoms with Crippen LogP contribution in [0.4, 0.5) is 0 Å². The maximum absolute atomic E-state index is 11.9. The molecule has 0 spiro atoms. The topological polar surface area (TPSA) is 134 Å². The second kappa shape index (κ2) is 25.3. The summed E-state index contributed by atoms with van der Waals surface area (Å²) in [7, 11) is 0. The highest BCUT2D eigenvalue weighted by Crippen LogP contribution is 2.25. The lowest BCUT2D eigenvalue weighted by Crippen LogP contribution is -2.14. The van der Waals surface area contributed by atoms with Crippen LogP contribution in [-0.4, -0.2) is 72.0 Å². The third-order valence-electron chi connectivity index (χ3n) is 6.28. The summed E-state index contributed by atoms with van der Waals surface area (Å²) in [5.74, 6) is -2.28. The number of ether oxygens (including phenoxy) is 2. The molecular formula is C30H52O8. The van der Waals surface area contributed by atoms with Crippen molar-refractivity contribution in [3.05, 3.63) is 34.4 Å². The summed E-state index contributed by atoms with van der Waals surface area (Å²) in [5.41, 5.74) is 1.69. The quantitative estimate of drug-likeness (QED) is 0.126. The van der Waals surface area contributed by atoms with Gasteiger partial charge in [-0.05, 0) is 42.9 Å². The number of hydrogen-bond acceptors (Lipinski definition) is 6. The Morgan fingerprint density at radius 2 is 1.11 bits per heavy atom. The number of aliphatic hydroxyl groups is 2. The third kappa shape index (κ3) is 17.5. The van der Waals surface area contributed by atoms with Gasteiger partial charge in [0, 0.05) is 0 Å². The van der Waals surface area contributed by atoms with Crippen LogP contribution in [0.15, 0.2) is 12.1 Å². The Morgan fingerprint density at radius 1 is 0.632 bits per heavy atom. The number of benzene rings is 1. The van der Waals surface area contributed by atoms with E-state index in [-0.39, 0.29) is 24.3 Å². The average Bonchev–Trinajstić information content (AvgIpc) is 2.90. The van der Waals surface area contributed by atoms with E-state index >= 15 is 0 Å². The molecule has 0 bridgehead atoms. The van der Waals surface area contributed by atoms with Gasteiger partial charge < -0.3 is 29.9 Å². The summed E-state index contributed by atoms with van der Waals surface area (Å²) in [6.07, 6.45) is 15.4. The predicted octanol–water partition coefficient (Wildman–Crippen LogP) is 5.89. The fourth-order valence-corrected chi connectivity index (χ4v) is 4.26. The number of unbranched alkanes of at least 4 members (excludes halogenated alkanes) is 10. The number of aliphatic hydroxyl groups excluding tert-OH is 2. The van der Waals surface area contributed by atoms with Gasteiger partial charge in [0.2, 0.25) is 0 Å². The molecule has 0 saturated carbocycles. The molecule has 0 radical (unpaired) electrons. The highest BCUT2D eigenvalue weighted by atomic mass is 16.5. The second-order valence-electron chi connectivity index (χ2n) is 9.44. The first-order valence-electron chi connectivity index (χ1n) is 14.4. The number of aromatic carboxylic acids is 2. The predicted molar refractivity (Wildman–Crippen MR) is 150 cm³/mol. The van der Waals surface area contributed by atoms with Crippen molar-refractivity contribution in [2.24, 2.45) is 0 Å². The van der Waals surface area contributed by atoms with E-state index in [2.05, 4.69) is 13.8 Å². The van der Waals surface area contributed by atoms with E-state index in [1.807, 2.05) is 6.07 Å². The van der Waals surface area contributed by atoms with Gasteiger partial charge in [-0.1, -0.05) is 84.1 Å². The summed E-state index contributed by atoms with van der Waals surface area (Å²) in [4.78, 5) is 23.4. The summed E-state index contributed by atoms with van der Waals surface area (Å²) in [6.45, 7) is 6.11. The Labute approximate surface area is 229 Å². The standard InChI is InChI=1S/C24H38O4.C6H14O4/c1-3-5-7-9-11-13-15-19-17-18-21(23(25)26)22(24(27)28)20(19)16-14-12-10-8-6-4-2;7-1-3-9-5-6-10-4-2-8/h17-18H,3-16H2,1-2H3,(H,25,26)(H,27,28);7-8H,1-6H2. The number of rotatable bonds is 23. The molecule has 38 heavy (non-hydrogen) atoms. The van der Waals surface area contributed by atoms with Gasteiger partial charge in [-0.15, -0.1) is 0 Å². The minimum atomic E-state index is -1.16. The second-order valence-corrected chi connectivity index (χ2v) is 9.44. The van der Waals surface area contributed by atoms with Crippen molar-refractivity contribution < 1.29 is 39.5 Å². The molecule has 8 nitrogen and oxygen atoms in total. The van der Waals surface area contributed by atoms with E-state index in [0.717, 1.165) is 49.7 Å². The first kappa shape index (κ1) is 36.0. The van der Waals surface area contributed by atoms with Crippen LogP contribution in [0, 0.1) is 0 Å². The number of carbonyl (C=O) groups is 2. The summed E-state index contributed by atoms with van der Waals surface area (Å²) >= 11 is 0. The molecule has 220 valence electrons. The maximum atomic E-state index is 11.9. The van der Waals surface area contributed by atoms with Crippen LogP contribution in [0.2, 0.25) is 0 Å². The van der Waals surface area contributed by atoms with Crippen LogP contribution in [0.25, 0.3) is 0 Å². The fourth-order valence-electron chi connectivity index (χ4n) is 4.26. The van der Waals surface area contributed by atoms with E-state index in [1.165, 1.54) is 51.0 Å². The molecule has 0 heterocycles. The lowest BCUT2D eigenvalue weighted by Gasteiger charge is -2.15. The molecule has 0 aliphatic rings. The van der Waals surface area contributed by atoms with Gasteiger partial charge in [-0.25, -0.2) is 9.59 Å². The first-order chi connectivity index (χ1) is 18.4. The molecule has 0 atom stereocenters. The summed E-state index contributed by atoms with van der Waals surface area (Å²) in [6, 6.07) is 3.32. The van der Waals surface area contributed by atoms with Gasteiger partial charge in [0.15, 0.2) is 0 Å². The number of carboxylic acids is 2. The molecule has 0 saturated heterocycles. The molecule has 0 aliphatic heterocycles. The van der Waals surface area contributed by atoms with Crippen LogP contribution >= 0.6 is 0 Å². The van der Waals surface area contributed by atoms with Crippen molar-refractivity contribution in [1.82, 2.24) is 0 Å². The number of carboxylic acid groups (broad SMARTS) is 2. The molecular weight excluding hydrogens is 488 g/mol. The normalized spacial score (nSPS) is 10.7. The summed E-state index contributed by atoms with van der Waals surface area (Å²) in [5, 5.41) is 35.7. The lowest BCUT2D eigenvalue weighted by atomic mass is 9.89. The minimum Gasteiger partial charge on any atom is -0.478 e. The third-order valence-corrected chi connectivity index (χ3v) is 6.28. The van der Waals surface area contributed by atoms with Gasteiger partial charge in [-0.2, -0.15) is 0 Å². The Bertz CT molecular complexity index is 727. The maximum Gasteiger partial charge on any atom is 0.336 e. The van der Waals surface area contributed by atoms with Crippen LogP contribution in [0.3, 0.4) is 0 Å². The Morgan fingerprint density at radius 3 is 1.55 bits per heavy atom. The summed E-state index contributed by atoms with van der Waals surface area (Å²) < 4.78 is 9.75. The van der Waals surface area contributed by atoms with Gasteiger partial charge in [0.05, 0.1) is 50.8 Å². The van der Waals surface area contributed by atoms with Crippen LogP contribution in [0.1, 0.15) is 123 Å². The minimum absolute atomic E-state index is 0.00420. The van der Waals surface area contributed by atoms with Gasteiger partial charge in [0.25, 0.3) is 0 Å². The molecule has 0 amide bonds. The lowest BCUT2D eigenvalue weighted by molar-refractivity contribution is 0.0222. The van der Waals surface area contributed by atoms with E-state index < -0.39 is 11.9 Å². The molecule has 1 aromatic rings. The zero-order valence-corrected chi connectivity index (χ0v) is 23.7. The monoisotopic (exact) mass is 540 g/mol. The molecule has 1 aromatic carbocycles. The SMILES string of the molecule is CCCCCCCCc1ccc(C(=O)O)c(C(=O)O)c1CCCCCCCC.OCCOCCOCCO. The molecule has 1 rings (SSSR count). The van der Waals surface area contributed by atoms with Crippen molar-refractivity contribution in [3.63, 3.8) is 0 Å². The molecule has 8 heteroatoms. The van der Waals surface area contributed by atoms with Crippen LogP contribution in [-0.2, 0) is 22.3 Å². The zero-order valence-electron chi connectivity index (χ0n) is 23.7. The Balaban J connectivity index is 0.00000115. The molecule has 0 aliphatic carbocycles. The Hall–Kier alpha value is -2.00. The fraction of sp³-hybridized carbons (Fsp3) is 0.733. The van der Waals surface area contributed by atoms with Gasteiger partial charge >= 0.3 is 11.9 Å². The number of aryl methyl sites for hydroxylation is 1. The zero-order chi connectivity index (χ0) is 28.4. The molecule has 0 unspecified atom stereocenters. The molecule has 4 N–H and O–H groups in total. The van der Waals surface area contributed by atoms with Crippen molar-refractivity contribution >= 4 is 11.9 Å². The highest BCUT2D eigenvalue weighted by Gasteiger charge is 2.22. The molecule has 0 aromatic heterocycles. The van der Waals surface area contributed by atoms with Crippen molar-refractivity contribution in [3.8, 4) is 0 Å². The van der Waals surface area contributed by atoms with Crippen LogP contribution < -0.4 is 0 Å².